The molecule has 2 aromatic carbocycles. The molecule has 0 saturated heterocycles. The Labute approximate surface area is 174 Å². The second-order valence-electron chi connectivity index (χ2n) is 7.66. The quantitative estimate of drug-likeness (QED) is 0.628. The average molecular weight is 400 g/mol. The van der Waals surface area contributed by atoms with Gasteiger partial charge in [-0.05, 0) is 54.5 Å². The van der Waals surface area contributed by atoms with E-state index in [9.17, 15) is 4.79 Å². The molecule has 0 aliphatic carbocycles. The van der Waals surface area contributed by atoms with E-state index in [1.165, 1.54) is 5.56 Å². The topological polar surface area (TPSA) is 56.8 Å². The van der Waals surface area contributed by atoms with E-state index in [1.54, 1.807) is 21.3 Å². The van der Waals surface area contributed by atoms with E-state index in [-0.39, 0.29) is 11.9 Å². The molecule has 0 saturated carbocycles. The van der Waals surface area contributed by atoms with Crippen molar-refractivity contribution in [1.82, 2.24) is 5.32 Å². The smallest absolute Gasteiger partial charge is 0.220 e. The second-order valence-corrected chi connectivity index (χ2v) is 7.66. The molecule has 5 nitrogen and oxygen atoms in total. The van der Waals surface area contributed by atoms with E-state index in [4.69, 9.17) is 14.2 Å². The summed E-state index contributed by atoms with van der Waals surface area (Å²) in [5.74, 6) is 2.39. The van der Waals surface area contributed by atoms with Crippen LogP contribution in [0.25, 0.3) is 0 Å². The van der Waals surface area contributed by atoms with Crippen molar-refractivity contribution in [2.75, 3.05) is 21.3 Å². The lowest BCUT2D eigenvalue weighted by molar-refractivity contribution is -0.121. The highest BCUT2D eigenvalue weighted by Crippen LogP contribution is 2.38. The Bertz CT molecular complexity index is 774. The fourth-order valence-corrected chi connectivity index (χ4v) is 3.35. The lowest BCUT2D eigenvalue weighted by Gasteiger charge is -2.16. The summed E-state index contributed by atoms with van der Waals surface area (Å²) >= 11 is 0. The van der Waals surface area contributed by atoms with E-state index in [1.807, 2.05) is 19.1 Å². The van der Waals surface area contributed by atoms with E-state index in [2.05, 4.69) is 43.4 Å². The van der Waals surface area contributed by atoms with Crippen molar-refractivity contribution in [3.05, 3.63) is 53.1 Å². The van der Waals surface area contributed by atoms with Gasteiger partial charge in [0.15, 0.2) is 11.5 Å². The fourth-order valence-electron chi connectivity index (χ4n) is 3.35. The largest absolute Gasteiger partial charge is 0.493 e. The van der Waals surface area contributed by atoms with Crippen LogP contribution >= 0.6 is 0 Å². The van der Waals surface area contributed by atoms with Gasteiger partial charge in [-0.2, -0.15) is 0 Å². The Kier molecular flexibility index (Phi) is 8.37. The maximum absolute atomic E-state index is 12.4. The first-order valence-electron chi connectivity index (χ1n) is 10.0. The van der Waals surface area contributed by atoms with Gasteiger partial charge in [-0.1, -0.05) is 38.1 Å². The summed E-state index contributed by atoms with van der Waals surface area (Å²) in [6.45, 7) is 6.43. The normalized spacial score (nSPS) is 11.8. The van der Waals surface area contributed by atoms with Crippen LogP contribution in [0.1, 0.15) is 49.9 Å². The lowest BCUT2D eigenvalue weighted by atomic mass is 10.00. The molecule has 0 aliphatic rings. The van der Waals surface area contributed by atoms with Crippen LogP contribution in [0.3, 0.4) is 0 Å². The van der Waals surface area contributed by atoms with Gasteiger partial charge in [0.05, 0.1) is 27.4 Å². The summed E-state index contributed by atoms with van der Waals surface area (Å²) < 4.78 is 16.1. The van der Waals surface area contributed by atoms with E-state index in [0.717, 1.165) is 17.5 Å². The zero-order chi connectivity index (χ0) is 21.4. The maximum atomic E-state index is 12.4. The van der Waals surface area contributed by atoms with Crippen molar-refractivity contribution in [2.24, 2.45) is 5.92 Å². The summed E-state index contributed by atoms with van der Waals surface area (Å²) in [5.41, 5.74) is 3.39. The summed E-state index contributed by atoms with van der Waals surface area (Å²) in [6.07, 6.45) is 2.03. The number of carbonyl (C=O) groups is 1. The molecule has 0 aliphatic heterocycles. The zero-order valence-electron chi connectivity index (χ0n) is 18.4. The Morgan fingerprint density at radius 2 is 1.48 bits per heavy atom. The predicted molar refractivity (Wildman–Crippen MR) is 116 cm³/mol. The van der Waals surface area contributed by atoms with E-state index in [0.29, 0.717) is 36.0 Å². The minimum atomic E-state index is -0.0319. The van der Waals surface area contributed by atoms with Crippen molar-refractivity contribution < 1.29 is 19.0 Å². The molecule has 1 N–H and O–H groups in total. The highest BCUT2D eigenvalue weighted by atomic mass is 16.5. The third-order valence-corrected chi connectivity index (χ3v) is 4.87. The summed E-state index contributed by atoms with van der Waals surface area (Å²) in [7, 11) is 4.74. The number of rotatable bonds is 10. The Morgan fingerprint density at radius 3 is 1.97 bits per heavy atom. The molecule has 2 aromatic rings. The van der Waals surface area contributed by atoms with Gasteiger partial charge in [-0.3, -0.25) is 4.79 Å². The molecule has 0 bridgehead atoms. The number of benzene rings is 2. The van der Waals surface area contributed by atoms with Gasteiger partial charge in [0.25, 0.3) is 0 Å². The number of amides is 1. The SMILES string of the molecule is COc1cc(CCC(=O)NC(C)c2ccc(CC(C)C)cc2)cc(OC)c1OC. The van der Waals surface area contributed by atoms with Crippen LogP contribution in [-0.4, -0.2) is 27.2 Å². The van der Waals surface area contributed by atoms with Crippen LogP contribution in [0, 0.1) is 5.92 Å². The van der Waals surface area contributed by atoms with Crippen molar-refractivity contribution in [1.29, 1.82) is 0 Å². The standard InChI is InChI=1S/C24H33NO4/c1-16(2)13-18-7-10-20(11-8-18)17(3)25-23(26)12-9-19-14-21(27-4)24(29-6)22(15-19)28-5/h7-8,10-11,14-17H,9,12-13H2,1-6H3,(H,25,26). The highest BCUT2D eigenvalue weighted by Gasteiger charge is 2.15. The lowest BCUT2D eigenvalue weighted by Crippen LogP contribution is -2.26. The first-order chi connectivity index (χ1) is 13.9. The first-order valence-corrected chi connectivity index (χ1v) is 10.0. The molecule has 0 fully saturated rings. The predicted octanol–water partition coefficient (Wildman–Crippen LogP) is 4.72. The molecule has 0 radical (unpaired) electrons. The number of nitrogens with one attached hydrogen (secondary N) is 1. The van der Waals surface area contributed by atoms with E-state index < -0.39 is 0 Å². The Balaban J connectivity index is 1.95. The monoisotopic (exact) mass is 399 g/mol. The van der Waals surface area contributed by atoms with Crippen molar-refractivity contribution in [2.45, 2.75) is 46.1 Å². The van der Waals surface area contributed by atoms with Crippen LogP contribution in [0.5, 0.6) is 17.2 Å². The van der Waals surface area contributed by atoms with Gasteiger partial charge in [0, 0.05) is 6.42 Å². The number of methoxy groups -OCH3 is 3. The molecule has 0 spiro atoms. The molecular weight excluding hydrogens is 366 g/mol. The second kappa shape index (κ2) is 10.7. The zero-order valence-corrected chi connectivity index (χ0v) is 18.4. The number of hydrogen-bond donors (Lipinski definition) is 1. The van der Waals surface area contributed by atoms with Gasteiger partial charge >= 0.3 is 0 Å². The van der Waals surface area contributed by atoms with Gasteiger partial charge in [-0.15, -0.1) is 0 Å². The molecule has 1 amide bonds. The van der Waals surface area contributed by atoms with Gasteiger partial charge in [-0.25, -0.2) is 0 Å². The molecule has 29 heavy (non-hydrogen) atoms. The van der Waals surface area contributed by atoms with Crippen molar-refractivity contribution in [3.63, 3.8) is 0 Å². The van der Waals surface area contributed by atoms with Crippen LogP contribution in [0.2, 0.25) is 0 Å². The Morgan fingerprint density at radius 1 is 0.897 bits per heavy atom. The third kappa shape index (κ3) is 6.41. The minimum absolute atomic E-state index is 0.0116. The molecule has 0 heterocycles. The maximum Gasteiger partial charge on any atom is 0.220 e. The fraction of sp³-hybridized carbons (Fsp3) is 0.458. The molecule has 0 aromatic heterocycles. The number of carbonyl (C=O) groups excluding carboxylic acids is 1. The van der Waals surface area contributed by atoms with Crippen LogP contribution in [-0.2, 0) is 17.6 Å². The summed E-state index contributed by atoms with van der Waals surface area (Å²) in [6, 6.07) is 12.2. The number of ether oxygens (including phenoxy) is 3. The van der Waals surface area contributed by atoms with Gasteiger partial charge < -0.3 is 19.5 Å². The average Bonchev–Trinajstić information content (AvgIpc) is 2.71. The summed E-state index contributed by atoms with van der Waals surface area (Å²) in [5, 5.41) is 3.08. The van der Waals surface area contributed by atoms with Crippen LogP contribution < -0.4 is 19.5 Å². The molecule has 1 atom stereocenters. The van der Waals surface area contributed by atoms with Crippen LogP contribution in [0.15, 0.2) is 36.4 Å². The number of hydrogen-bond acceptors (Lipinski definition) is 4. The van der Waals surface area contributed by atoms with Crippen molar-refractivity contribution in [3.8, 4) is 17.2 Å². The highest BCUT2D eigenvalue weighted by molar-refractivity contribution is 5.76. The Hall–Kier alpha value is -2.69. The van der Waals surface area contributed by atoms with Crippen molar-refractivity contribution >= 4 is 5.91 Å². The van der Waals surface area contributed by atoms with Gasteiger partial charge in [0.1, 0.15) is 0 Å². The van der Waals surface area contributed by atoms with Crippen LogP contribution in [0.4, 0.5) is 0 Å². The summed E-state index contributed by atoms with van der Waals surface area (Å²) in [4.78, 5) is 12.4. The number of aryl methyl sites for hydroxylation is 1. The van der Waals surface area contributed by atoms with Gasteiger partial charge in [0.2, 0.25) is 11.7 Å². The first kappa shape index (κ1) is 22.6. The minimum Gasteiger partial charge on any atom is -0.493 e. The molecule has 5 heteroatoms. The molecule has 1 unspecified atom stereocenters. The molecular formula is C24H33NO4. The molecule has 2 rings (SSSR count). The van der Waals surface area contributed by atoms with E-state index >= 15 is 0 Å². The third-order valence-electron chi connectivity index (χ3n) is 4.87. The molecule has 158 valence electrons.